The van der Waals surface area contributed by atoms with E-state index < -0.39 is 0 Å². The van der Waals surface area contributed by atoms with Gasteiger partial charge in [0.05, 0.1) is 0 Å². The van der Waals surface area contributed by atoms with E-state index in [-0.39, 0.29) is 0 Å². The Kier molecular flexibility index (Phi) is 3.91. The first-order valence-electron chi connectivity index (χ1n) is 7.14. The predicted octanol–water partition coefficient (Wildman–Crippen LogP) is 5.17. The Morgan fingerprint density at radius 3 is 2.29 bits per heavy atom. The van der Waals surface area contributed by atoms with Gasteiger partial charge in [-0.25, -0.2) is 0 Å². The molecule has 1 unspecified atom stereocenters. The van der Waals surface area contributed by atoms with Crippen LogP contribution < -0.4 is 0 Å². The van der Waals surface area contributed by atoms with Crippen LogP contribution in [0, 0.1) is 24.7 Å². The van der Waals surface area contributed by atoms with E-state index in [1.165, 1.54) is 24.8 Å². The summed E-state index contributed by atoms with van der Waals surface area (Å²) in [4.78, 5) is 0. The highest BCUT2D eigenvalue weighted by atomic mass is 14.4. The molecule has 0 nitrogen and oxygen atoms in total. The van der Waals surface area contributed by atoms with Crippen molar-refractivity contribution in [2.75, 3.05) is 0 Å². The first-order valence-corrected chi connectivity index (χ1v) is 7.14. The third-order valence-corrected chi connectivity index (χ3v) is 4.53. The SMILES string of the molecule is Cc1ccc([C@@H]2C[C@@H](C)CCC2C(C)C)cc1. The summed E-state index contributed by atoms with van der Waals surface area (Å²) in [5.41, 5.74) is 2.94. The van der Waals surface area contributed by atoms with Gasteiger partial charge in [-0.05, 0) is 49.0 Å². The molecule has 0 amide bonds. The maximum Gasteiger partial charge on any atom is -0.0129 e. The second kappa shape index (κ2) is 5.25. The molecule has 0 radical (unpaired) electrons. The zero-order valence-electron chi connectivity index (χ0n) is 11.7. The molecule has 2 rings (SSSR count). The Balaban J connectivity index is 2.22. The third kappa shape index (κ3) is 2.91. The Labute approximate surface area is 106 Å². The van der Waals surface area contributed by atoms with Crippen LogP contribution in [0.1, 0.15) is 57.1 Å². The Morgan fingerprint density at radius 1 is 1.06 bits per heavy atom. The number of rotatable bonds is 2. The number of hydrogen-bond donors (Lipinski definition) is 0. The van der Waals surface area contributed by atoms with E-state index in [1.807, 2.05) is 0 Å². The minimum Gasteiger partial charge on any atom is -0.0625 e. The molecule has 0 aromatic heterocycles. The molecule has 0 bridgehead atoms. The monoisotopic (exact) mass is 230 g/mol. The van der Waals surface area contributed by atoms with Gasteiger partial charge in [-0.3, -0.25) is 0 Å². The quantitative estimate of drug-likeness (QED) is 0.657. The lowest BCUT2D eigenvalue weighted by molar-refractivity contribution is 0.197. The maximum absolute atomic E-state index is 2.41. The van der Waals surface area contributed by atoms with Gasteiger partial charge >= 0.3 is 0 Å². The summed E-state index contributed by atoms with van der Waals surface area (Å²) in [6.45, 7) is 9.37. The molecule has 1 aromatic carbocycles. The smallest absolute Gasteiger partial charge is 0.0129 e. The molecule has 1 fully saturated rings. The van der Waals surface area contributed by atoms with Gasteiger partial charge in [0.15, 0.2) is 0 Å². The van der Waals surface area contributed by atoms with Crippen LogP contribution in [-0.4, -0.2) is 0 Å². The fourth-order valence-electron chi connectivity index (χ4n) is 3.40. The van der Waals surface area contributed by atoms with Gasteiger partial charge in [-0.2, -0.15) is 0 Å². The molecule has 17 heavy (non-hydrogen) atoms. The lowest BCUT2D eigenvalue weighted by atomic mass is 9.67. The first kappa shape index (κ1) is 12.7. The summed E-state index contributed by atoms with van der Waals surface area (Å²) in [5.74, 6) is 3.39. The maximum atomic E-state index is 2.41. The van der Waals surface area contributed by atoms with Crippen LogP contribution in [-0.2, 0) is 0 Å². The van der Waals surface area contributed by atoms with E-state index in [9.17, 15) is 0 Å². The Hall–Kier alpha value is -0.780. The summed E-state index contributed by atoms with van der Waals surface area (Å²) in [7, 11) is 0. The zero-order chi connectivity index (χ0) is 12.4. The molecule has 1 aliphatic carbocycles. The molecule has 3 atom stereocenters. The molecule has 0 N–H and O–H groups in total. The van der Waals surface area contributed by atoms with Gasteiger partial charge in [-0.15, -0.1) is 0 Å². The average Bonchev–Trinajstić information content (AvgIpc) is 2.29. The van der Waals surface area contributed by atoms with Crippen molar-refractivity contribution in [2.24, 2.45) is 17.8 Å². The topological polar surface area (TPSA) is 0 Å². The summed E-state index contributed by atoms with van der Waals surface area (Å²) in [6.07, 6.45) is 4.22. The largest absolute Gasteiger partial charge is 0.0625 e. The van der Waals surface area contributed by atoms with Crippen LogP contribution in [0.3, 0.4) is 0 Å². The van der Waals surface area contributed by atoms with E-state index in [0.29, 0.717) is 0 Å². The van der Waals surface area contributed by atoms with Gasteiger partial charge < -0.3 is 0 Å². The van der Waals surface area contributed by atoms with Gasteiger partial charge in [0, 0.05) is 0 Å². The van der Waals surface area contributed by atoms with E-state index >= 15 is 0 Å². The van der Waals surface area contributed by atoms with Crippen molar-refractivity contribution in [3.05, 3.63) is 35.4 Å². The molecule has 0 heterocycles. The highest BCUT2D eigenvalue weighted by Gasteiger charge is 2.31. The Bertz CT molecular complexity index is 347. The molecule has 0 aliphatic heterocycles. The molecule has 1 aromatic rings. The van der Waals surface area contributed by atoms with Gasteiger partial charge in [0.2, 0.25) is 0 Å². The molecule has 0 saturated heterocycles. The van der Waals surface area contributed by atoms with Crippen LogP contribution >= 0.6 is 0 Å². The van der Waals surface area contributed by atoms with Crippen molar-refractivity contribution in [3.8, 4) is 0 Å². The van der Waals surface area contributed by atoms with Crippen molar-refractivity contribution >= 4 is 0 Å². The number of hydrogen-bond acceptors (Lipinski definition) is 0. The summed E-state index contributed by atoms with van der Waals surface area (Å²) in [6, 6.07) is 9.25. The van der Waals surface area contributed by atoms with Crippen LogP contribution in [0.5, 0.6) is 0 Å². The van der Waals surface area contributed by atoms with Crippen molar-refractivity contribution < 1.29 is 0 Å². The Morgan fingerprint density at radius 2 is 1.71 bits per heavy atom. The summed E-state index contributed by atoms with van der Waals surface area (Å²) >= 11 is 0. The molecule has 1 saturated carbocycles. The van der Waals surface area contributed by atoms with E-state index in [2.05, 4.69) is 52.0 Å². The standard InChI is InChI=1S/C17H26/c1-12(2)16-10-7-14(4)11-17(16)15-8-5-13(3)6-9-15/h5-6,8-9,12,14,16-17H,7,10-11H2,1-4H3/t14-,16?,17-/m0/s1. The van der Waals surface area contributed by atoms with Gasteiger partial charge in [0.25, 0.3) is 0 Å². The van der Waals surface area contributed by atoms with E-state index in [1.54, 1.807) is 5.56 Å². The molecular formula is C17H26. The van der Waals surface area contributed by atoms with Crippen LogP contribution in [0.4, 0.5) is 0 Å². The minimum absolute atomic E-state index is 0.791. The highest BCUT2D eigenvalue weighted by molar-refractivity contribution is 5.25. The fourth-order valence-corrected chi connectivity index (χ4v) is 3.40. The van der Waals surface area contributed by atoms with Crippen LogP contribution in [0.15, 0.2) is 24.3 Å². The van der Waals surface area contributed by atoms with Crippen molar-refractivity contribution in [3.63, 3.8) is 0 Å². The second-order valence-corrected chi connectivity index (χ2v) is 6.34. The zero-order valence-corrected chi connectivity index (χ0v) is 11.7. The first-order chi connectivity index (χ1) is 8.08. The van der Waals surface area contributed by atoms with Crippen molar-refractivity contribution in [2.45, 2.75) is 52.9 Å². The summed E-state index contributed by atoms with van der Waals surface area (Å²) < 4.78 is 0. The molecule has 0 spiro atoms. The lowest BCUT2D eigenvalue weighted by Gasteiger charge is -2.37. The number of benzene rings is 1. The lowest BCUT2D eigenvalue weighted by Crippen LogP contribution is -2.26. The average molecular weight is 230 g/mol. The van der Waals surface area contributed by atoms with Crippen molar-refractivity contribution in [1.29, 1.82) is 0 Å². The second-order valence-electron chi connectivity index (χ2n) is 6.34. The molecule has 0 heteroatoms. The normalized spacial score (nSPS) is 29.6. The molecular weight excluding hydrogens is 204 g/mol. The number of aryl methyl sites for hydroxylation is 1. The van der Waals surface area contributed by atoms with Crippen LogP contribution in [0.2, 0.25) is 0 Å². The summed E-state index contributed by atoms with van der Waals surface area (Å²) in [5, 5.41) is 0. The molecule has 94 valence electrons. The van der Waals surface area contributed by atoms with Crippen LogP contribution in [0.25, 0.3) is 0 Å². The van der Waals surface area contributed by atoms with Gasteiger partial charge in [0.1, 0.15) is 0 Å². The minimum atomic E-state index is 0.791. The molecule has 1 aliphatic rings. The highest BCUT2D eigenvalue weighted by Crippen LogP contribution is 2.43. The third-order valence-electron chi connectivity index (χ3n) is 4.53. The fraction of sp³-hybridized carbons (Fsp3) is 0.647. The van der Waals surface area contributed by atoms with Gasteiger partial charge in [-0.1, -0.05) is 57.0 Å². The van der Waals surface area contributed by atoms with E-state index in [4.69, 9.17) is 0 Å². The predicted molar refractivity (Wildman–Crippen MR) is 75.3 cm³/mol. The van der Waals surface area contributed by atoms with Crippen molar-refractivity contribution in [1.82, 2.24) is 0 Å². The van der Waals surface area contributed by atoms with E-state index in [0.717, 1.165) is 23.7 Å².